The third-order valence-electron chi connectivity index (χ3n) is 2.52. The summed E-state index contributed by atoms with van der Waals surface area (Å²) < 4.78 is 5.75. The number of ether oxygens (including phenoxy) is 1. The molecule has 1 aromatic heterocycles. The van der Waals surface area contributed by atoms with Crippen molar-refractivity contribution in [3.8, 4) is 5.75 Å². The summed E-state index contributed by atoms with van der Waals surface area (Å²) in [6.45, 7) is 10.7. The van der Waals surface area contributed by atoms with E-state index in [-0.39, 0.29) is 0 Å². The van der Waals surface area contributed by atoms with Gasteiger partial charge in [0.2, 0.25) is 0 Å². The molecule has 0 unspecified atom stereocenters. The molecule has 1 aromatic rings. The minimum absolute atomic E-state index is 0.605. The van der Waals surface area contributed by atoms with E-state index in [0.29, 0.717) is 6.61 Å². The lowest BCUT2D eigenvalue weighted by Crippen LogP contribution is -2.16. The topological polar surface area (TPSA) is 34.2 Å². The second-order valence-corrected chi connectivity index (χ2v) is 4.67. The molecule has 18 heavy (non-hydrogen) atoms. The average Bonchev–Trinajstić information content (AvgIpc) is 2.32. The standard InChI is InChI=1S/C15H24N2O/c1-5-9-16-11-14-15(7-6-13(4)17-14)18-10-8-12(2)3/h6-8,16H,5,9-11H2,1-4H3. The summed E-state index contributed by atoms with van der Waals surface area (Å²) in [6.07, 6.45) is 3.20. The molecule has 3 heteroatoms. The van der Waals surface area contributed by atoms with E-state index < -0.39 is 0 Å². The fraction of sp³-hybridized carbons (Fsp3) is 0.533. The summed E-state index contributed by atoms with van der Waals surface area (Å²) in [5.41, 5.74) is 3.28. The number of nitrogens with one attached hydrogen (secondary N) is 1. The molecule has 1 rings (SSSR count). The van der Waals surface area contributed by atoms with Gasteiger partial charge in [0.1, 0.15) is 12.4 Å². The number of allylic oxidation sites excluding steroid dienone is 1. The zero-order chi connectivity index (χ0) is 13.4. The maximum Gasteiger partial charge on any atom is 0.142 e. The largest absolute Gasteiger partial charge is 0.488 e. The number of aromatic nitrogens is 1. The van der Waals surface area contributed by atoms with Crippen LogP contribution in [0.15, 0.2) is 23.8 Å². The average molecular weight is 248 g/mol. The van der Waals surface area contributed by atoms with Crippen LogP contribution in [0.4, 0.5) is 0 Å². The Bertz CT molecular complexity index is 395. The minimum Gasteiger partial charge on any atom is -0.488 e. The molecule has 0 aliphatic heterocycles. The number of rotatable bonds is 7. The fourth-order valence-corrected chi connectivity index (χ4v) is 1.54. The first-order valence-corrected chi connectivity index (χ1v) is 6.57. The molecule has 0 aromatic carbocycles. The number of hydrogen-bond donors (Lipinski definition) is 1. The van der Waals surface area contributed by atoms with Crippen molar-refractivity contribution in [1.29, 1.82) is 0 Å². The van der Waals surface area contributed by atoms with Gasteiger partial charge in [-0.15, -0.1) is 0 Å². The highest BCUT2D eigenvalue weighted by molar-refractivity contribution is 5.29. The first-order valence-electron chi connectivity index (χ1n) is 6.57. The Morgan fingerprint density at radius 1 is 1.39 bits per heavy atom. The predicted octanol–water partition coefficient (Wildman–Crippen LogP) is 3.23. The van der Waals surface area contributed by atoms with E-state index in [9.17, 15) is 0 Å². The summed E-state index contributed by atoms with van der Waals surface area (Å²) in [5, 5.41) is 3.36. The molecule has 0 amide bonds. The highest BCUT2D eigenvalue weighted by Crippen LogP contribution is 2.17. The smallest absolute Gasteiger partial charge is 0.142 e. The SMILES string of the molecule is CCCNCc1nc(C)ccc1OCC=C(C)C. The zero-order valence-corrected chi connectivity index (χ0v) is 11.9. The molecule has 0 atom stereocenters. The van der Waals surface area contributed by atoms with Crippen molar-refractivity contribution < 1.29 is 4.74 Å². The first-order chi connectivity index (χ1) is 8.63. The van der Waals surface area contributed by atoms with E-state index in [1.165, 1.54) is 5.57 Å². The van der Waals surface area contributed by atoms with Crippen LogP contribution < -0.4 is 10.1 Å². The van der Waals surface area contributed by atoms with Crippen LogP contribution in [0.5, 0.6) is 5.75 Å². The summed E-state index contributed by atoms with van der Waals surface area (Å²) in [6, 6.07) is 3.99. The number of aryl methyl sites for hydroxylation is 1. The Kier molecular flexibility index (Phi) is 6.44. The molecule has 3 nitrogen and oxygen atoms in total. The third kappa shape index (κ3) is 5.32. The highest BCUT2D eigenvalue weighted by Gasteiger charge is 2.05. The van der Waals surface area contributed by atoms with E-state index >= 15 is 0 Å². The monoisotopic (exact) mass is 248 g/mol. The van der Waals surface area contributed by atoms with Crippen molar-refractivity contribution in [2.24, 2.45) is 0 Å². The van der Waals surface area contributed by atoms with E-state index in [1.807, 2.05) is 19.1 Å². The second kappa shape index (κ2) is 7.88. The van der Waals surface area contributed by atoms with Crippen LogP contribution in [0.3, 0.4) is 0 Å². The van der Waals surface area contributed by atoms with Crippen molar-refractivity contribution in [2.45, 2.75) is 40.7 Å². The van der Waals surface area contributed by atoms with Gasteiger partial charge in [-0.1, -0.05) is 12.5 Å². The lowest BCUT2D eigenvalue weighted by Gasteiger charge is -2.11. The molecule has 100 valence electrons. The van der Waals surface area contributed by atoms with Crippen molar-refractivity contribution >= 4 is 0 Å². The van der Waals surface area contributed by atoms with Crippen molar-refractivity contribution in [3.05, 3.63) is 35.2 Å². The van der Waals surface area contributed by atoms with Gasteiger partial charge in [0.25, 0.3) is 0 Å². The van der Waals surface area contributed by atoms with Crippen LogP contribution in [0, 0.1) is 6.92 Å². The Morgan fingerprint density at radius 3 is 2.83 bits per heavy atom. The molecule has 0 fully saturated rings. The normalized spacial score (nSPS) is 10.2. The summed E-state index contributed by atoms with van der Waals surface area (Å²) in [5.74, 6) is 0.877. The van der Waals surface area contributed by atoms with Crippen molar-refractivity contribution in [3.63, 3.8) is 0 Å². The van der Waals surface area contributed by atoms with E-state index in [1.54, 1.807) is 0 Å². The Hall–Kier alpha value is -1.35. The van der Waals surface area contributed by atoms with Crippen LogP contribution >= 0.6 is 0 Å². The van der Waals surface area contributed by atoms with Crippen LogP contribution in [-0.4, -0.2) is 18.1 Å². The van der Waals surface area contributed by atoms with Gasteiger partial charge in [-0.2, -0.15) is 0 Å². The quantitative estimate of drug-likeness (QED) is 0.594. The highest BCUT2D eigenvalue weighted by atomic mass is 16.5. The van der Waals surface area contributed by atoms with Crippen molar-refractivity contribution in [2.75, 3.05) is 13.2 Å². The third-order valence-corrected chi connectivity index (χ3v) is 2.52. The molecule has 0 spiro atoms. The van der Waals surface area contributed by atoms with Gasteiger partial charge < -0.3 is 10.1 Å². The van der Waals surface area contributed by atoms with Gasteiger partial charge in [0.15, 0.2) is 0 Å². The van der Waals surface area contributed by atoms with Crippen LogP contribution in [0.25, 0.3) is 0 Å². The molecular formula is C15H24N2O. The van der Waals surface area contributed by atoms with Gasteiger partial charge in [-0.05, 0) is 51.9 Å². The van der Waals surface area contributed by atoms with Gasteiger partial charge in [0.05, 0.1) is 5.69 Å². The maximum atomic E-state index is 5.75. The number of pyridine rings is 1. The molecule has 0 radical (unpaired) electrons. The molecule has 0 bridgehead atoms. The van der Waals surface area contributed by atoms with Gasteiger partial charge >= 0.3 is 0 Å². The molecule has 1 heterocycles. The summed E-state index contributed by atoms with van der Waals surface area (Å²) in [7, 11) is 0. The minimum atomic E-state index is 0.605. The van der Waals surface area contributed by atoms with Gasteiger partial charge in [0, 0.05) is 12.2 Å². The fourth-order valence-electron chi connectivity index (χ4n) is 1.54. The van der Waals surface area contributed by atoms with Crippen LogP contribution in [-0.2, 0) is 6.54 Å². The van der Waals surface area contributed by atoms with E-state index in [4.69, 9.17) is 4.74 Å². The lowest BCUT2D eigenvalue weighted by atomic mass is 10.2. The lowest BCUT2D eigenvalue weighted by molar-refractivity contribution is 0.354. The molecular weight excluding hydrogens is 224 g/mol. The van der Waals surface area contributed by atoms with Crippen molar-refractivity contribution in [1.82, 2.24) is 10.3 Å². The number of hydrogen-bond acceptors (Lipinski definition) is 3. The van der Waals surface area contributed by atoms with Crippen LogP contribution in [0.2, 0.25) is 0 Å². The van der Waals surface area contributed by atoms with Gasteiger partial charge in [-0.3, -0.25) is 4.98 Å². The van der Waals surface area contributed by atoms with E-state index in [0.717, 1.165) is 36.6 Å². The molecule has 0 saturated heterocycles. The summed E-state index contributed by atoms with van der Waals surface area (Å²) >= 11 is 0. The van der Waals surface area contributed by atoms with Crippen LogP contribution in [0.1, 0.15) is 38.6 Å². The Balaban J connectivity index is 2.66. The molecule has 0 aliphatic carbocycles. The van der Waals surface area contributed by atoms with Gasteiger partial charge in [-0.25, -0.2) is 0 Å². The molecule has 1 N–H and O–H groups in total. The molecule has 0 saturated carbocycles. The summed E-state index contributed by atoms with van der Waals surface area (Å²) in [4.78, 5) is 4.53. The Labute approximate surface area is 110 Å². The maximum absolute atomic E-state index is 5.75. The Morgan fingerprint density at radius 2 is 2.17 bits per heavy atom. The second-order valence-electron chi connectivity index (χ2n) is 4.67. The molecule has 0 aliphatic rings. The first kappa shape index (κ1) is 14.7. The predicted molar refractivity (Wildman–Crippen MR) is 75.9 cm³/mol. The van der Waals surface area contributed by atoms with E-state index in [2.05, 4.69) is 37.1 Å². The zero-order valence-electron chi connectivity index (χ0n) is 11.9. The number of nitrogens with zero attached hydrogens (tertiary/aromatic N) is 1.